The van der Waals surface area contributed by atoms with Crippen LogP contribution in [-0.2, 0) is 9.53 Å². The molecular formula is C11H10N2O2. The summed E-state index contributed by atoms with van der Waals surface area (Å²) in [5, 5.41) is 3.94. The molecule has 1 aliphatic rings. The Kier molecular flexibility index (Phi) is 2.49. The highest BCUT2D eigenvalue weighted by Gasteiger charge is 2.11. The number of methoxy groups -OCH3 is 1. The number of anilines is 1. The zero-order chi connectivity index (χ0) is 10.7. The molecule has 0 spiro atoms. The first-order valence-corrected chi connectivity index (χ1v) is 4.50. The van der Waals surface area contributed by atoms with Crippen molar-refractivity contribution in [2.45, 2.75) is 0 Å². The second-order valence-corrected chi connectivity index (χ2v) is 3.02. The zero-order valence-electron chi connectivity index (χ0n) is 8.23. The Morgan fingerprint density at radius 2 is 2.13 bits per heavy atom. The third-order valence-corrected chi connectivity index (χ3v) is 2.07. The molecule has 0 aliphatic carbocycles. The largest absolute Gasteiger partial charge is 0.464 e. The van der Waals surface area contributed by atoms with Crippen LogP contribution in [0.3, 0.4) is 0 Å². The van der Waals surface area contributed by atoms with Gasteiger partial charge in [-0.3, -0.25) is 5.43 Å². The lowest BCUT2D eigenvalue weighted by Gasteiger charge is -2.01. The van der Waals surface area contributed by atoms with Crippen molar-refractivity contribution in [3.63, 3.8) is 0 Å². The van der Waals surface area contributed by atoms with Crippen LogP contribution >= 0.6 is 0 Å². The summed E-state index contributed by atoms with van der Waals surface area (Å²) in [4.78, 5) is 11.2. The molecule has 76 valence electrons. The van der Waals surface area contributed by atoms with Gasteiger partial charge in [0.1, 0.15) is 0 Å². The van der Waals surface area contributed by atoms with Crippen molar-refractivity contribution in [2.75, 3.05) is 12.5 Å². The Balaban J connectivity index is 2.33. The topological polar surface area (TPSA) is 50.7 Å². The van der Waals surface area contributed by atoms with Crippen LogP contribution in [0.4, 0.5) is 5.69 Å². The summed E-state index contributed by atoms with van der Waals surface area (Å²) in [5.41, 5.74) is 4.93. The smallest absolute Gasteiger partial charge is 0.358 e. The van der Waals surface area contributed by atoms with E-state index >= 15 is 0 Å². The lowest BCUT2D eigenvalue weighted by molar-refractivity contribution is -0.132. The van der Waals surface area contributed by atoms with E-state index in [1.54, 1.807) is 6.08 Å². The number of carbonyl (C=O) groups is 1. The highest BCUT2D eigenvalue weighted by atomic mass is 16.5. The number of nitrogens with one attached hydrogen (secondary N) is 1. The van der Waals surface area contributed by atoms with Gasteiger partial charge in [0.2, 0.25) is 0 Å². The molecular weight excluding hydrogens is 192 g/mol. The molecule has 0 aromatic heterocycles. The lowest BCUT2D eigenvalue weighted by atomic mass is 10.1. The second kappa shape index (κ2) is 3.96. The molecule has 4 heteroatoms. The average molecular weight is 202 g/mol. The zero-order valence-corrected chi connectivity index (χ0v) is 8.23. The standard InChI is InChI=1S/C11H10N2O2/c1-15-11(14)10-7-6-8-4-2-3-5-9(8)12-13-10/h2-7,12H,1H3. The molecule has 0 amide bonds. The van der Waals surface area contributed by atoms with Crippen molar-refractivity contribution in [1.82, 2.24) is 0 Å². The molecule has 0 atom stereocenters. The van der Waals surface area contributed by atoms with Gasteiger partial charge in [0, 0.05) is 0 Å². The van der Waals surface area contributed by atoms with Crippen molar-refractivity contribution < 1.29 is 9.53 Å². The van der Waals surface area contributed by atoms with Crippen LogP contribution in [0.25, 0.3) is 6.08 Å². The van der Waals surface area contributed by atoms with Crippen LogP contribution in [0.15, 0.2) is 35.4 Å². The molecule has 1 aromatic rings. The lowest BCUT2D eigenvalue weighted by Crippen LogP contribution is -2.14. The highest BCUT2D eigenvalue weighted by Crippen LogP contribution is 2.18. The number of hydrazone groups is 1. The van der Waals surface area contributed by atoms with Crippen LogP contribution in [-0.4, -0.2) is 18.8 Å². The molecule has 1 heterocycles. The molecule has 1 N–H and O–H groups in total. The Bertz CT molecular complexity index is 450. The van der Waals surface area contributed by atoms with Gasteiger partial charge in [-0.25, -0.2) is 4.79 Å². The van der Waals surface area contributed by atoms with Crippen molar-refractivity contribution in [2.24, 2.45) is 5.10 Å². The fourth-order valence-corrected chi connectivity index (χ4v) is 1.29. The molecule has 0 radical (unpaired) electrons. The highest BCUT2D eigenvalue weighted by molar-refractivity contribution is 6.42. The fraction of sp³-hybridized carbons (Fsp3) is 0.0909. The first-order chi connectivity index (χ1) is 7.31. The Hall–Kier alpha value is -2.10. The molecule has 0 unspecified atom stereocenters. The molecule has 0 fully saturated rings. The number of esters is 1. The molecule has 0 saturated carbocycles. The number of hydrogen-bond donors (Lipinski definition) is 1. The Labute approximate surface area is 87.3 Å². The van der Waals surface area contributed by atoms with Gasteiger partial charge >= 0.3 is 5.97 Å². The van der Waals surface area contributed by atoms with Gasteiger partial charge in [-0.05, 0) is 17.7 Å². The van der Waals surface area contributed by atoms with E-state index in [4.69, 9.17) is 0 Å². The Morgan fingerprint density at radius 1 is 1.33 bits per heavy atom. The van der Waals surface area contributed by atoms with E-state index in [-0.39, 0.29) is 5.71 Å². The number of fused-ring (bicyclic) bond motifs is 1. The minimum absolute atomic E-state index is 0.258. The van der Waals surface area contributed by atoms with E-state index in [0.717, 1.165) is 11.3 Å². The number of benzene rings is 1. The third-order valence-electron chi connectivity index (χ3n) is 2.07. The second-order valence-electron chi connectivity index (χ2n) is 3.02. The number of para-hydroxylation sites is 1. The first-order valence-electron chi connectivity index (χ1n) is 4.50. The quantitative estimate of drug-likeness (QED) is 0.704. The monoisotopic (exact) mass is 202 g/mol. The van der Waals surface area contributed by atoms with Crippen LogP contribution in [0.5, 0.6) is 0 Å². The summed E-state index contributed by atoms with van der Waals surface area (Å²) in [6.07, 6.45) is 3.45. The maximum atomic E-state index is 11.2. The minimum Gasteiger partial charge on any atom is -0.464 e. The van der Waals surface area contributed by atoms with Crippen LogP contribution < -0.4 is 5.43 Å². The van der Waals surface area contributed by atoms with E-state index in [1.165, 1.54) is 7.11 Å². The summed E-state index contributed by atoms with van der Waals surface area (Å²) >= 11 is 0. The molecule has 1 aromatic carbocycles. The predicted octanol–water partition coefficient (Wildman–Crippen LogP) is 1.65. The van der Waals surface area contributed by atoms with E-state index in [0.29, 0.717) is 0 Å². The van der Waals surface area contributed by atoms with Crippen molar-refractivity contribution in [1.29, 1.82) is 0 Å². The predicted molar refractivity (Wildman–Crippen MR) is 58.5 cm³/mol. The van der Waals surface area contributed by atoms with Gasteiger partial charge in [0.05, 0.1) is 12.8 Å². The van der Waals surface area contributed by atoms with E-state index in [1.807, 2.05) is 30.3 Å². The van der Waals surface area contributed by atoms with Gasteiger partial charge in [-0.15, -0.1) is 0 Å². The van der Waals surface area contributed by atoms with E-state index < -0.39 is 5.97 Å². The summed E-state index contributed by atoms with van der Waals surface area (Å²) < 4.78 is 4.58. The number of rotatable bonds is 1. The number of ether oxygens (including phenoxy) is 1. The van der Waals surface area contributed by atoms with E-state index in [9.17, 15) is 4.79 Å². The molecule has 4 nitrogen and oxygen atoms in total. The molecule has 2 rings (SSSR count). The number of nitrogens with zero attached hydrogens (tertiary/aromatic N) is 1. The maximum Gasteiger partial charge on any atom is 0.358 e. The number of carbonyl (C=O) groups excluding carboxylic acids is 1. The fourth-order valence-electron chi connectivity index (χ4n) is 1.29. The minimum atomic E-state index is -0.452. The van der Waals surface area contributed by atoms with Crippen LogP contribution in [0.2, 0.25) is 0 Å². The summed E-state index contributed by atoms with van der Waals surface area (Å²) in [5.74, 6) is -0.452. The summed E-state index contributed by atoms with van der Waals surface area (Å²) in [6, 6.07) is 7.66. The van der Waals surface area contributed by atoms with Gasteiger partial charge in [0.25, 0.3) is 0 Å². The summed E-state index contributed by atoms with van der Waals surface area (Å²) in [7, 11) is 1.33. The Morgan fingerprint density at radius 3 is 2.93 bits per heavy atom. The van der Waals surface area contributed by atoms with E-state index in [2.05, 4.69) is 15.3 Å². The average Bonchev–Trinajstić information content (AvgIpc) is 2.50. The van der Waals surface area contributed by atoms with Gasteiger partial charge in [-0.1, -0.05) is 24.3 Å². The van der Waals surface area contributed by atoms with Gasteiger partial charge in [0.15, 0.2) is 5.71 Å². The van der Waals surface area contributed by atoms with Crippen LogP contribution in [0.1, 0.15) is 5.56 Å². The molecule has 0 bridgehead atoms. The normalized spacial score (nSPS) is 13.3. The third kappa shape index (κ3) is 1.88. The first kappa shape index (κ1) is 9.45. The van der Waals surface area contributed by atoms with Crippen molar-refractivity contribution >= 4 is 23.4 Å². The number of hydrogen-bond acceptors (Lipinski definition) is 4. The molecule has 0 saturated heterocycles. The molecule has 15 heavy (non-hydrogen) atoms. The van der Waals surface area contributed by atoms with Crippen molar-refractivity contribution in [3.05, 3.63) is 35.9 Å². The SMILES string of the molecule is COC(=O)C1=NNc2ccccc2C=C1. The molecule has 1 aliphatic heterocycles. The van der Waals surface area contributed by atoms with Gasteiger partial charge < -0.3 is 4.74 Å². The summed E-state index contributed by atoms with van der Waals surface area (Å²) in [6.45, 7) is 0. The maximum absolute atomic E-state index is 11.2. The van der Waals surface area contributed by atoms with Crippen molar-refractivity contribution in [3.8, 4) is 0 Å². The van der Waals surface area contributed by atoms with Crippen LogP contribution in [0, 0.1) is 0 Å². The van der Waals surface area contributed by atoms with Gasteiger partial charge in [-0.2, -0.15) is 5.10 Å².